The maximum Gasteiger partial charge on any atom is 0.240 e. The summed E-state index contributed by atoms with van der Waals surface area (Å²) in [5, 5.41) is 3.09. The molecule has 0 radical (unpaired) electrons. The molecule has 2 aliphatic rings. The zero-order valence-corrected chi connectivity index (χ0v) is 12.3. The monoisotopic (exact) mass is 287 g/mol. The summed E-state index contributed by atoms with van der Waals surface area (Å²) >= 11 is 0. The first-order chi connectivity index (χ1) is 10.1. The molecule has 0 aromatic carbocycles. The number of rotatable bonds is 5. The van der Waals surface area contributed by atoms with Gasteiger partial charge in [-0.3, -0.25) is 14.6 Å². The van der Waals surface area contributed by atoms with Crippen LogP contribution in [0.4, 0.5) is 0 Å². The van der Waals surface area contributed by atoms with Crippen molar-refractivity contribution in [3.05, 3.63) is 29.6 Å². The van der Waals surface area contributed by atoms with E-state index in [0.717, 1.165) is 30.5 Å². The van der Waals surface area contributed by atoms with Gasteiger partial charge >= 0.3 is 0 Å². The summed E-state index contributed by atoms with van der Waals surface area (Å²) in [5.41, 5.74) is 2.06. The van der Waals surface area contributed by atoms with Crippen molar-refractivity contribution in [3.63, 3.8) is 0 Å². The van der Waals surface area contributed by atoms with E-state index >= 15 is 0 Å². The van der Waals surface area contributed by atoms with E-state index in [1.807, 2.05) is 19.1 Å². The number of aromatic nitrogens is 1. The molecule has 1 saturated carbocycles. The molecule has 3 rings (SSSR count). The lowest BCUT2D eigenvalue weighted by Gasteiger charge is -2.22. The van der Waals surface area contributed by atoms with Crippen LogP contribution in [0.15, 0.2) is 18.3 Å². The molecule has 1 saturated heterocycles. The van der Waals surface area contributed by atoms with Gasteiger partial charge in [0.1, 0.15) is 0 Å². The molecule has 5 nitrogen and oxygen atoms in total. The summed E-state index contributed by atoms with van der Waals surface area (Å²) in [6.07, 6.45) is 5.46. The van der Waals surface area contributed by atoms with Crippen LogP contribution in [0.3, 0.4) is 0 Å². The lowest BCUT2D eigenvalue weighted by molar-refractivity contribution is -0.133. The molecule has 0 bridgehead atoms. The van der Waals surface area contributed by atoms with E-state index < -0.39 is 0 Å². The predicted octanol–water partition coefficient (Wildman–Crippen LogP) is 1.58. The lowest BCUT2D eigenvalue weighted by Crippen LogP contribution is -2.40. The van der Waals surface area contributed by atoms with E-state index in [-0.39, 0.29) is 24.4 Å². The second kappa shape index (κ2) is 5.84. The van der Waals surface area contributed by atoms with Crippen LogP contribution in [0.2, 0.25) is 0 Å². The Labute approximate surface area is 124 Å². The van der Waals surface area contributed by atoms with Crippen molar-refractivity contribution in [2.45, 2.75) is 38.6 Å². The molecule has 1 aromatic heterocycles. The van der Waals surface area contributed by atoms with Gasteiger partial charge in [-0.2, -0.15) is 0 Å². The molecule has 1 aliphatic heterocycles. The number of amides is 2. The molecule has 1 unspecified atom stereocenters. The van der Waals surface area contributed by atoms with E-state index in [1.165, 1.54) is 0 Å². The van der Waals surface area contributed by atoms with Crippen LogP contribution in [-0.4, -0.2) is 34.8 Å². The fourth-order valence-corrected chi connectivity index (χ4v) is 2.93. The van der Waals surface area contributed by atoms with Crippen molar-refractivity contribution in [2.24, 2.45) is 5.92 Å². The molecule has 1 atom stereocenters. The zero-order chi connectivity index (χ0) is 14.8. The normalized spacial score (nSPS) is 19.7. The number of likely N-dealkylation sites (tertiary alicyclic amines) is 1. The summed E-state index contributed by atoms with van der Waals surface area (Å²) in [4.78, 5) is 29.9. The molecule has 2 amide bonds. The van der Waals surface area contributed by atoms with Gasteiger partial charge in [-0.25, -0.2) is 0 Å². The number of carbonyl (C=O) groups excluding carboxylic acids is 2. The fourth-order valence-electron chi connectivity index (χ4n) is 2.93. The summed E-state index contributed by atoms with van der Waals surface area (Å²) in [7, 11) is 0. The standard InChI is InChI=1S/C16H21N3O2/c1-11-4-2-8-17-15(11)16(12-6-7-12)18-13(20)10-19-9-3-5-14(19)21/h2,4,8,12,16H,3,5-7,9-10H2,1H3,(H,18,20). The molecule has 1 aromatic rings. The van der Waals surface area contributed by atoms with Crippen molar-refractivity contribution in [1.82, 2.24) is 15.2 Å². The smallest absolute Gasteiger partial charge is 0.240 e. The van der Waals surface area contributed by atoms with E-state index in [2.05, 4.69) is 10.3 Å². The Morgan fingerprint density at radius 3 is 2.95 bits per heavy atom. The maximum atomic E-state index is 12.2. The van der Waals surface area contributed by atoms with Crippen LogP contribution in [0.5, 0.6) is 0 Å². The van der Waals surface area contributed by atoms with Gasteiger partial charge in [0.05, 0.1) is 18.3 Å². The third kappa shape index (κ3) is 3.23. The third-order valence-corrected chi connectivity index (χ3v) is 4.26. The molecule has 0 spiro atoms. The van der Waals surface area contributed by atoms with Crippen molar-refractivity contribution < 1.29 is 9.59 Å². The average molecular weight is 287 g/mol. The number of aryl methyl sites for hydroxylation is 1. The van der Waals surface area contributed by atoms with Gasteiger partial charge in [-0.05, 0) is 43.7 Å². The molecule has 2 fully saturated rings. The Morgan fingerprint density at radius 2 is 2.33 bits per heavy atom. The second-order valence-corrected chi connectivity index (χ2v) is 6.01. The van der Waals surface area contributed by atoms with Crippen molar-refractivity contribution >= 4 is 11.8 Å². The van der Waals surface area contributed by atoms with Gasteiger partial charge in [-0.1, -0.05) is 6.07 Å². The van der Waals surface area contributed by atoms with E-state index in [9.17, 15) is 9.59 Å². The highest BCUT2D eigenvalue weighted by Gasteiger charge is 2.35. The topological polar surface area (TPSA) is 62.3 Å². The summed E-state index contributed by atoms with van der Waals surface area (Å²) in [6.45, 7) is 2.89. The molecular weight excluding hydrogens is 266 g/mol. The van der Waals surface area contributed by atoms with E-state index in [1.54, 1.807) is 11.1 Å². The highest BCUT2D eigenvalue weighted by atomic mass is 16.2. The molecule has 2 heterocycles. The Kier molecular flexibility index (Phi) is 3.90. The fraction of sp³-hybridized carbons (Fsp3) is 0.562. The number of nitrogens with zero attached hydrogens (tertiary/aromatic N) is 2. The molecular formula is C16H21N3O2. The predicted molar refractivity (Wildman–Crippen MR) is 78.4 cm³/mol. The summed E-state index contributed by atoms with van der Waals surface area (Å²) < 4.78 is 0. The quantitative estimate of drug-likeness (QED) is 0.894. The van der Waals surface area contributed by atoms with Crippen LogP contribution < -0.4 is 5.32 Å². The second-order valence-electron chi connectivity index (χ2n) is 6.01. The number of hydrogen-bond acceptors (Lipinski definition) is 3. The van der Waals surface area contributed by atoms with Crippen LogP contribution >= 0.6 is 0 Å². The number of carbonyl (C=O) groups is 2. The first-order valence-corrected chi connectivity index (χ1v) is 7.64. The minimum absolute atomic E-state index is 0.0172. The summed E-state index contributed by atoms with van der Waals surface area (Å²) in [5.74, 6) is 0.492. The maximum absolute atomic E-state index is 12.2. The van der Waals surface area contributed by atoms with Crippen LogP contribution in [0.1, 0.15) is 43.0 Å². The lowest BCUT2D eigenvalue weighted by atomic mass is 10.0. The molecule has 5 heteroatoms. The van der Waals surface area contributed by atoms with Crippen molar-refractivity contribution in [3.8, 4) is 0 Å². The summed E-state index contributed by atoms with van der Waals surface area (Å²) in [6, 6.07) is 3.91. The highest BCUT2D eigenvalue weighted by Crippen LogP contribution is 2.41. The Bertz CT molecular complexity index is 554. The zero-order valence-electron chi connectivity index (χ0n) is 12.3. The number of hydrogen-bond donors (Lipinski definition) is 1. The minimum atomic E-state index is -0.0767. The molecule has 21 heavy (non-hydrogen) atoms. The molecule has 1 N–H and O–H groups in total. The number of nitrogens with one attached hydrogen (secondary N) is 1. The minimum Gasteiger partial charge on any atom is -0.346 e. The van der Waals surface area contributed by atoms with Crippen LogP contribution in [-0.2, 0) is 9.59 Å². The van der Waals surface area contributed by atoms with Crippen LogP contribution in [0.25, 0.3) is 0 Å². The van der Waals surface area contributed by atoms with Gasteiger partial charge in [0.2, 0.25) is 11.8 Å². The highest BCUT2D eigenvalue weighted by molar-refractivity contribution is 5.86. The molecule has 1 aliphatic carbocycles. The van der Waals surface area contributed by atoms with Crippen LogP contribution in [0, 0.1) is 12.8 Å². The Morgan fingerprint density at radius 1 is 1.52 bits per heavy atom. The Balaban J connectivity index is 1.67. The first-order valence-electron chi connectivity index (χ1n) is 7.64. The van der Waals surface area contributed by atoms with Crippen molar-refractivity contribution in [1.29, 1.82) is 0 Å². The van der Waals surface area contributed by atoms with Gasteiger partial charge in [0, 0.05) is 19.2 Å². The average Bonchev–Trinajstić information content (AvgIpc) is 3.22. The first kappa shape index (κ1) is 14.0. The van der Waals surface area contributed by atoms with E-state index in [0.29, 0.717) is 18.9 Å². The van der Waals surface area contributed by atoms with Gasteiger partial charge in [-0.15, -0.1) is 0 Å². The molecule has 112 valence electrons. The largest absolute Gasteiger partial charge is 0.346 e. The third-order valence-electron chi connectivity index (χ3n) is 4.26. The van der Waals surface area contributed by atoms with Gasteiger partial charge < -0.3 is 10.2 Å². The van der Waals surface area contributed by atoms with Gasteiger partial charge in [0.25, 0.3) is 0 Å². The SMILES string of the molecule is Cc1cccnc1C(NC(=O)CN1CCCC1=O)C1CC1. The van der Waals surface area contributed by atoms with Crippen molar-refractivity contribution in [2.75, 3.05) is 13.1 Å². The van der Waals surface area contributed by atoms with E-state index in [4.69, 9.17) is 0 Å². The number of pyridine rings is 1. The van der Waals surface area contributed by atoms with Gasteiger partial charge in [0.15, 0.2) is 0 Å². The Hall–Kier alpha value is -1.91.